The third-order valence-corrected chi connectivity index (χ3v) is 4.11. The number of benzene rings is 1. The summed E-state index contributed by atoms with van der Waals surface area (Å²) in [6, 6.07) is 10.1. The maximum absolute atomic E-state index is 10.8. The molecule has 2 heterocycles. The summed E-state index contributed by atoms with van der Waals surface area (Å²) in [5.41, 5.74) is 3.51. The molecule has 3 heteroatoms. The lowest BCUT2D eigenvalue weighted by Gasteiger charge is -2.25. The van der Waals surface area contributed by atoms with Crippen molar-refractivity contribution in [3.05, 3.63) is 41.7 Å². The molecule has 1 aromatic carbocycles. The molecule has 1 aromatic heterocycles. The van der Waals surface area contributed by atoms with Crippen LogP contribution in [0.15, 0.2) is 34.7 Å². The zero-order valence-corrected chi connectivity index (χ0v) is 12.5. The molecule has 21 heavy (non-hydrogen) atoms. The van der Waals surface area contributed by atoms with Gasteiger partial charge in [0.05, 0.1) is 0 Å². The summed E-state index contributed by atoms with van der Waals surface area (Å²) in [4.78, 5) is 13.3. The number of hydrogen-bond donors (Lipinski definition) is 0. The van der Waals surface area contributed by atoms with E-state index in [0.29, 0.717) is 5.76 Å². The van der Waals surface area contributed by atoms with Crippen LogP contribution in [0.5, 0.6) is 0 Å². The Bertz CT molecular complexity index is 622. The highest BCUT2D eigenvalue weighted by Gasteiger charge is 2.16. The van der Waals surface area contributed by atoms with Crippen molar-refractivity contribution in [1.82, 2.24) is 0 Å². The van der Waals surface area contributed by atoms with Crippen LogP contribution in [0.3, 0.4) is 0 Å². The molecule has 2 aromatic rings. The van der Waals surface area contributed by atoms with Crippen LogP contribution in [0.4, 0.5) is 5.69 Å². The van der Waals surface area contributed by atoms with E-state index in [2.05, 4.69) is 30.0 Å². The second-order valence-corrected chi connectivity index (χ2v) is 5.74. The second-order valence-electron chi connectivity index (χ2n) is 5.74. The summed E-state index contributed by atoms with van der Waals surface area (Å²) in [6.07, 6.45) is 5.86. The van der Waals surface area contributed by atoms with Crippen molar-refractivity contribution >= 4 is 12.0 Å². The number of anilines is 1. The molecule has 0 saturated carbocycles. The molecule has 110 valence electrons. The van der Waals surface area contributed by atoms with Gasteiger partial charge in [-0.2, -0.15) is 0 Å². The molecule has 1 fully saturated rings. The SMILES string of the molecule is Cc1ccc(N2CCCCCC2)c(-c2ccc(C=O)o2)c1. The number of rotatable bonds is 3. The number of carbonyl (C=O) groups is 1. The van der Waals surface area contributed by atoms with Crippen molar-refractivity contribution in [2.45, 2.75) is 32.6 Å². The maximum atomic E-state index is 10.8. The van der Waals surface area contributed by atoms with E-state index in [9.17, 15) is 4.79 Å². The molecule has 0 atom stereocenters. The lowest BCUT2D eigenvalue weighted by atomic mass is 10.1. The Labute approximate surface area is 125 Å². The van der Waals surface area contributed by atoms with Crippen molar-refractivity contribution in [3.63, 3.8) is 0 Å². The number of aryl methyl sites for hydroxylation is 1. The van der Waals surface area contributed by atoms with E-state index in [1.54, 1.807) is 6.07 Å². The van der Waals surface area contributed by atoms with Gasteiger partial charge in [0.15, 0.2) is 12.0 Å². The third-order valence-electron chi connectivity index (χ3n) is 4.11. The summed E-state index contributed by atoms with van der Waals surface area (Å²) in [5.74, 6) is 1.16. The lowest BCUT2D eigenvalue weighted by molar-refractivity contribution is 0.110. The molecule has 0 unspecified atom stereocenters. The Kier molecular flexibility index (Phi) is 4.09. The molecule has 3 nitrogen and oxygen atoms in total. The molecular formula is C18H21NO2. The smallest absolute Gasteiger partial charge is 0.185 e. The summed E-state index contributed by atoms with van der Waals surface area (Å²) in [7, 11) is 0. The van der Waals surface area contributed by atoms with E-state index < -0.39 is 0 Å². The van der Waals surface area contributed by atoms with Gasteiger partial charge in [-0.25, -0.2) is 0 Å². The Morgan fingerprint density at radius 2 is 1.81 bits per heavy atom. The number of nitrogens with zero attached hydrogens (tertiary/aromatic N) is 1. The van der Waals surface area contributed by atoms with Gasteiger partial charge in [0.1, 0.15) is 5.76 Å². The second kappa shape index (κ2) is 6.17. The van der Waals surface area contributed by atoms with Crippen LogP contribution in [-0.4, -0.2) is 19.4 Å². The van der Waals surface area contributed by atoms with Gasteiger partial charge in [-0.05, 0) is 44.0 Å². The first-order chi connectivity index (χ1) is 10.3. The molecule has 0 bridgehead atoms. The number of hydrogen-bond acceptors (Lipinski definition) is 3. The zero-order valence-electron chi connectivity index (χ0n) is 12.5. The minimum atomic E-state index is 0.383. The third kappa shape index (κ3) is 3.02. The van der Waals surface area contributed by atoms with Crippen LogP contribution in [0.1, 0.15) is 41.8 Å². The minimum absolute atomic E-state index is 0.383. The summed E-state index contributed by atoms with van der Waals surface area (Å²) < 4.78 is 5.64. The molecule has 0 radical (unpaired) electrons. The Hall–Kier alpha value is -2.03. The quantitative estimate of drug-likeness (QED) is 0.780. The fourth-order valence-corrected chi connectivity index (χ4v) is 3.00. The Morgan fingerprint density at radius 3 is 2.48 bits per heavy atom. The molecule has 1 aliphatic rings. The van der Waals surface area contributed by atoms with Gasteiger partial charge in [-0.1, -0.05) is 24.5 Å². The molecule has 3 rings (SSSR count). The van der Waals surface area contributed by atoms with Gasteiger partial charge < -0.3 is 9.32 Å². The largest absolute Gasteiger partial charge is 0.453 e. The number of aldehydes is 1. The molecule has 0 spiro atoms. The van der Waals surface area contributed by atoms with E-state index in [4.69, 9.17) is 4.42 Å². The van der Waals surface area contributed by atoms with Crippen LogP contribution >= 0.6 is 0 Å². The highest BCUT2D eigenvalue weighted by atomic mass is 16.3. The predicted octanol–water partition coefficient (Wildman–Crippen LogP) is 4.45. The first kappa shape index (κ1) is 13.9. The van der Waals surface area contributed by atoms with Crippen molar-refractivity contribution < 1.29 is 9.21 Å². The molecule has 1 saturated heterocycles. The van der Waals surface area contributed by atoms with Crippen LogP contribution in [-0.2, 0) is 0 Å². The van der Waals surface area contributed by atoms with Crippen LogP contribution in [0.2, 0.25) is 0 Å². The van der Waals surface area contributed by atoms with E-state index in [1.165, 1.54) is 36.9 Å². The number of furan rings is 1. The van der Waals surface area contributed by atoms with E-state index in [-0.39, 0.29) is 0 Å². The average molecular weight is 283 g/mol. The maximum Gasteiger partial charge on any atom is 0.185 e. The monoisotopic (exact) mass is 283 g/mol. The predicted molar refractivity (Wildman–Crippen MR) is 84.9 cm³/mol. The van der Waals surface area contributed by atoms with Gasteiger partial charge in [0, 0.05) is 24.3 Å². The fourth-order valence-electron chi connectivity index (χ4n) is 3.00. The fraction of sp³-hybridized carbons (Fsp3) is 0.389. The molecular weight excluding hydrogens is 262 g/mol. The topological polar surface area (TPSA) is 33.5 Å². The summed E-state index contributed by atoms with van der Waals surface area (Å²) in [5, 5.41) is 0. The first-order valence-electron chi connectivity index (χ1n) is 7.69. The van der Waals surface area contributed by atoms with Gasteiger partial charge in [-0.15, -0.1) is 0 Å². The minimum Gasteiger partial charge on any atom is -0.453 e. The lowest BCUT2D eigenvalue weighted by Crippen LogP contribution is -2.24. The van der Waals surface area contributed by atoms with Gasteiger partial charge in [-0.3, -0.25) is 4.79 Å². The molecule has 0 amide bonds. The van der Waals surface area contributed by atoms with Crippen molar-refractivity contribution in [1.29, 1.82) is 0 Å². The van der Waals surface area contributed by atoms with Gasteiger partial charge in [0.25, 0.3) is 0 Å². The van der Waals surface area contributed by atoms with Crippen LogP contribution < -0.4 is 4.90 Å². The van der Waals surface area contributed by atoms with E-state index >= 15 is 0 Å². The standard InChI is InChI=1S/C18H21NO2/c1-14-6-8-17(19-10-4-2-3-5-11-19)16(12-14)18-9-7-15(13-20)21-18/h6-9,12-13H,2-5,10-11H2,1H3. The van der Waals surface area contributed by atoms with Gasteiger partial charge in [0.2, 0.25) is 0 Å². The van der Waals surface area contributed by atoms with Crippen LogP contribution in [0, 0.1) is 6.92 Å². The number of carbonyl (C=O) groups excluding carboxylic acids is 1. The highest BCUT2D eigenvalue weighted by Crippen LogP contribution is 2.34. The Balaban J connectivity index is 2.01. The molecule has 0 N–H and O–H groups in total. The summed E-state index contributed by atoms with van der Waals surface area (Å²) in [6.45, 7) is 4.27. The normalized spacial score (nSPS) is 15.8. The molecule has 0 aliphatic carbocycles. The molecule has 1 aliphatic heterocycles. The van der Waals surface area contributed by atoms with Crippen molar-refractivity contribution in [2.75, 3.05) is 18.0 Å². The zero-order chi connectivity index (χ0) is 14.7. The van der Waals surface area contributed by atoms with Crippen LogP contribution in [0.25, 0.3) is 11.3 Å². The van der Waals surface area contributed by atoms with Crippen molar-refractivity contribution in [3.8, 4) is 11.3 Å². The first-order valence-corrected chi connectivity index (χ1v) is 7.69. The van der Waals surface area contributed by atoms with E-state index in [0.717, 1.165) is 30.7 Å². The highest BCUT2D eigenvalue weighted by molar-refractivity contribution is 5.79. The Morgan fingerprint density at radius 1 is 1.05 bits per heavy atom. The van der Waals surface area contributed by atoms with Crippen molar-refractivity contribution in [2.24, 2.45) is 0 Å². The summed E-state index contributed by atoms with van der Waals surface area (Å²) >= 11 is 0. The average Bonchev–Trinajstić information content (AvgIpc) is 2.82. The van der Waals surface area contributed by atoms with E-state index in [1.807, 2.05) is 6.07 Å². The van der Waals surface area contributed by atoms with Gasteiger partial charge >= 0.3 is 0 Å².